The first-order valence-electron chi connectivity index (χ1n) is 4.64. The smallest absolute Gasteiger partial charge is 0.165 e. The van der Waals surface area contributed by atoms with Crippen LogP contribution in [0.3, 0.4) is 0 Å². The Labute approximate surface area is 107 Å². The van der Waals surface area contributed by atoms with Gasteiger partial charge in [-0.3, -0.25) is 0 Å². The van der Waals surface area contributed by atoms with Gasteiger partial charge >= 0.3 is 0 Å². The lowest BCUT2D eigenvalue weighted by atomic mass is 10.2. The summed E-state index contributed by atoms with van der Waals surface area (Å²) < 4.78 is 6.09. The topological polar surface area (TPSA) is 61.0 Å². The van der Waals surface area contributed by atoms with E-state index in [2.05, 4.69) is 32.6 Å². The highest BCUT2D eigenvalue weighted by molar-refractivity contribution is 14.1. The summed E-state index contributed by atoms with van der Waals surface area (Å²) >= 11 is 2.10. The zero-order valence-corrected chi connectivity index (χ0v) is 10.8. The van der Waals surface area contributed by atoms with E-state index in [1.165, 1.54) is 0 Å². The Bertz CT molecular complexity index is 516. The normalized spacial score (nSPS) is 10.1. The number of aromatic nitrogens is 2. The zero-order chi connectivity index (χ0) is 11.5. The molecule has 0 radical (unpaired) electrons. The fourth-order valence-electron chi connectivity index (χ4n) is 1.34. The van der Waals surface area contributed by atoms with Crippen LogP contribution in [0, 0.1) is 3.57 Å². The average Bonchev–Trinajstić information content (AvgIpc) is 2.32. The van der Waals surface area contributed by atoms with Crippen molar-refractivity contribution in [2.75, 3.05) is 12.8 Å². The monoisotopic (exact) mass is 327 g/mol. The third-order valence-corrected chi connectivity index (χ3v) is 2.95. The molecule has 0 aliphatic carbocycles. The highest BCUT2D eigenvalue weighted by Gasteiger charge is 2.09. The van der Waals surface area contributed by atoms with Gasteiger partial charge in [0.25, 0.3) is 0 Å². The van der Waals surface area contributed by atoms with Gasteiger partial charge in [-0.25, -0.2) is 9.97 Å². The molecule has 0 fully saturated rings. The average molecular weight is 327 g/mol. The number of halogens is 1. The first-order chi connectivity index (χ1) is 7.72. The summed E-state index contributed by atoms with van der Waals surface area (Å²) in [6.45, 7) is 0. The maximum absolute atomic E-state index is 5.75. The van der Waals surface area contributed by atoms with E-state index in [1.807, 2.05) is 24.3 Å². The largest absolute Gasteiger partial charge is 0.496 e. The fourth-order valence-corrected chi connectivity index (χ4v) is 1.60. The molecule has 1 aromatic heterocycles. The van der Waals surface area contributed by atoms with Crippen LogP contribution in [0.1, 0.15) is 0 Å². The second-order valence-electron chi connectivity index (χ2n) is 3.13. The van der Waals surface area contributed by atoms with E-state index in [0.717, 1.165) is 14.9 Å². The number of hydrogen-bond acceptors (Lipinski definition) is 4. The summed E-state index contributed by atoms with van der Waals surface area (Å²) in [5.41, 5.74) is 6.59. The van der Waals surface area contributed by atoms with Crippen molar-refractivity contribution in [3.63, 3.8) is 0 Å². The number of nitrogens with zero attached hydrogens (tertiary/aromatic N) is 2. The molecule has 0 saturated carbocycles. The maximum Gasteiger partial charge on any atom is 0.165 e. The van der Waals surface area contributed by atoms with E-state index in [-0.39, 0.29) is 0 Å². The predicted molar refractivity (Wildman–Crippen MR) is 71.1 cm³/mol. The first kappa shape index (κ1) is 11.1. The van der Waals surface area contributed by atoms with Gasteiger partial charge in [-0.05, 0) is 34.7 Å². The molecule has 0 amide bonds. The van der Waals surface area contributed by atoms with Gasteiger partial charge in [0.15, 0.2) is 5.82 Å². The molecule has 82 valence electrons. The molecule has 2 aromatic rings. The van der Waals surface area contributed by atoms with E-state index in [4.69, 9.17) is 10.5 Å². The van der Waals surface area contributed by atoms with Crippen molar-refractivity contribution < 1.29 is 4.74 Å². The van der Waals surface area contributed by atoms with Gasteiger partial charge in [0, 0.05) is 6.20 Å². The van der Waals surface area contributed by atoms with Crippen molar-refractivity contribution in [3.05, 3.63) is 34.0 Å². The summed E-state index contributed by atoms with van der Waals surface area (Å²) in [6, 6.07) is 7.58. The highest BCUT2D eigenvalue weighted by Crippen LogP contribution is 2.27. The van der Waals surface area contributed by atoms with Crippen molar-refractivity contribution >= 4 is 28.4 Å². The van der Waals surface area contributed by atoms with Gasteiger partial charge in [0.1, 0.15) is 11.6 Å². The van der Waals surface area contributed by atoms with Crippen molar-refractivity contribution in [2.45, 2.75) is 0 Å². The van der Waals surface area contributed by atoms with Gasteiger partial charge in [-0.15, -0.1) is 0 Å². The van der Waals surface area contributed by atoms with Crippen LogP contribution in [0.4, 0.5) is 5.82 Å². The van der Waals surface area contributed by atoms with E-state index in [0.29, 0.717) is 11.6 Å². The SMILES string of the molecule is COc1ccccc1-c1ncc(I)c(N)n1. The molecule has 0 bridgehead atoms. The third-order valence-electron chi connectivity index (χ3n) is 2.12. The molecule has 0 unspecified atom stereocenters. The Morgan fingerprint density at radius 3 is 2.75 bits per heavy atom. The minimum absolute atomic E-state index is 0.483. The molecule has 2 N–H and O–H groups in total. The van der Waals surface area contributed by atoms with Crippen molar-refractivity contribution in [1.29, 1.82) is 0 Å². The number of ether oxygens (including phenoxy) is 1. The minimum atomic E-state index is 0.483. The van der Waals surface area contributed by atoms with E-state index < -0.39 is 0 Å². The molecule has 0 aliphatic heterocycles. The number of methoxy groups -OCH3 is 1. The highest BCUT2D eigenvalue weighted by atomic mass is 127. The molecule has 5 heteroatoms. The second kappa shape index (κ2) is 4.65. The molecule has 0 aliphatic rings. The fraction of sp³-hybridized carbons (Fsp3) is 0.0909. The Balaban J connectivity index is 2.54. The van der Waals surface area contributed by atoms with Crippen molar-refractivity contribution in [3.8, 4) is 17.1 Å². The molecule has 1 heterocycles. The summed E-state index contributed by atoms with van der Waals surface area (Å²) in [5, 5.41) is 0. The number of para-hydroxylation sites is 1. The number of anilines is 1. The van der Waals surface area contributed by atoms with E-state index in [9.17, 15) is 0 Å². The Morgan fingerprint density at radius 2 is 2.06 bits per heavy atom. The van der Waals surface area contributed by atoms with Gasteiger partial charge in [0.05, 0.1) is 16.2 Å². The van der Waals surface area contributed by atoms with Crippen LogP contribution in [0.15, 0.2) is 30.5 Å². The molecular formula is C11H10IN3O. The molecule has 0 spiro atoms. The van der Waals surface area contributed by atoms with Crippen LogP contribution in [-0.4, -0.2) is 17.1 Å². The molecule has 16 heavy (non-hydrogen) atoms. The van der Waals surface area contributed by atoms with Gasteiger partial charge in [0.2, 0.25) is 0 Å². The molecule has 0 atom stereocenters. The summed E-state index contributed by atoms with van der Waals surface area (Å²) in [7, 11) is 1.62. The van der Waals surface area contributed by atoms with E-state index >= 15 is 0 Å². The number of benzene rings is 1. The van der Waals surface area contributed by atoms with Crippen LogP contribution in [0.25, 0.3) is 11.4 Å². The Morgan fingerprint density at radius 1 is 1.31 bits per heavy atom. The Hall–Kier alpha value is -1.37. The lowest BCUT2D eigenvalue weighted by Crippen LogP contribution is -1.99. The van der Waals surface area contributed by atoms with Crippen LogP contribution < -0.4 is 10.5 Å². The zero-order valence-electron chi connectivity index (χ0n) is 8.64. The van der Waals surface area contributed by atoms with E-state index in [1.54, 1.807) is 13.3 Å². The number of nitrogen functional groups attached to an aromatic ring is 1. The van der Waals surface area contributed by atoms with Gasteiger partial charge < -0.3 is 10.5 Å². The van der Waals surface area contributed by atoms with Crippen LogP contribution in [-0.2, 0) is 0 Å². The van der Waals surface area contributed by atoms with Crippen LogP contribution in [0.2, 0.25) is 0 Å². The summed E-state index contributed by atoms with van der Waals surface area (Å²) in [6.07, 6.45) is 1.70. The lowest BCUT2D eigenvalue weighted by molar-refractivity contribution is 0.416. The third kappa shape index (κ3) is 2.08. The molecule has 4 nitrogen and oxygen atoms in total. The summed E-state index contributed by atoms with van der Waals surface area (Å²) in [5.74, 6) is 1.80. The lowest BCUT2D eigenvalue weighted by Gasteiger charge is -2.07. The number of nitrogens with two attached hydrogens (primary N) is 1. The van der Waals surface area contributed by atoms with Crippen molar-refractivity contribution in [2.24, 2.45) is 0 Å². The van der Waals surface area contributed by atoms with Crippen LogP contribution >= 0.6 is 22.6 Å². The minimum Gasteiger partial charge on any atom is -0.496 e. The standard InChI is InChI=1S/C11H10IN3O/c1-16-9-5-3-2-4-7(9)11-14-6-8(12)10(13)15-11/h2-6H,1H3,(H2,13,14,15). The first-order valence-corrected chi connectivity index (χ1v) is 5.71. The van der Waals surface area contributed by atoms with Crippen LogP contribution in [0.5, 0.6) is 5.75 Å². The summed E-state index contributed by atoms with van der Waals surface area (Å²) in [4.78, 5) is 8.47. The predicted octanol–water partition coefficient (Wildman–Crippen LogP) is 2.34. The maximum atomic E-state index is 5.75. The molecule has 1 aromatic carbocycles. The van der Waals surface area contributed by atoms with Crippen molar-refractivity contribution in [1.82, 2.24) is 9.97 Å². The quantitative estimate of drug-likeness (QED) is 0.860. The molecular weight excluding hydrogens is 317 g/mol. The number of hydrogen-bond donors (Lipinski definition) is 1. The van der Waals surface area contributed by atoms with Gasteiger partial charge in [-0.2, -0.15) is 0 Å². The molecule has 2 rings (SSSR count). The molecule has 0 saturated heterocycles. The number of rotatable bonds is 2. The Kier molecular flexibility index (Phi) is 3.23. The van der Waals surface area contributed by atoms with Gasteiger partial charge in [-0.1, -0.05) is 12.1 Å². The second-order valence-corrected chi connectivity index (χ2v) is 4.29.